The Hall–Kier alpha value is -1.66. The van der Waals surface area contributed by atoms with Crippen molar-refractivity contribution in [3.63, 3.8) is 0 Å². The first-order valence-corrected chi connectivity index (χ1v) is 3.63. The molecule has 1 rings (SSSR count). The van der Waals surface area contributed by atoms with Gasteiger partial charge in [0.05, 0.1) is 0 Å². The second-order valence-electron chi connectivity index (χ2n) is 2.86. The van der Waals surface area contributed by atoms with Crippen LogP contribution in [0.15, 0.2) is 24.3 Å². The zero-order chi connectivity index (χ0) is 11.0. The van der Waals surface area contributed by atoms with Gasteiger partial charge in [-0.25, -0.2) is 9.59 Å². The molecule has 0 fully saturated rings. The van der Waals surface area contributed by atoms with Crippen molar-refractivity contribution in [2.75, 3.05) is 0 Å². The molecule has 0 aromatic heterocycles. The van der Waals surface area contributed by atoms with Crippen molar-refractivity contribution in [1.82, 2.24) is 0 Å². The van der Waals surface area contributed by atoms with Crippen molar-refractivity contribution in [3.8, 4) is 0 Å². The summed E-state index contributed by atoms with van der Waals surface area (Å²) >= 11 is 0. The summed E-state index contributed by atoms with van der Waals surface area (Å²) in [6.07, 6.45) is 3.71. The van der Waals surface area contributed by atoms with Crippen molar-refractivity contribution in [3.05, 3.63) is 24.3 Å². The van der Waals surface area contributed by atoms with Crippen LogP contribution in [-0.2, 0) is 9.59 Å². The molecular weight excluding hydrogens is 192 g/mol. The minimum absolute atomic E-state index is 0.712. The van der Waals surface area contributed by atoms with Gasteiger partial charge < -0.3 is 20.4 Å². The summed E-state index contributed by atoms with van der Waals surface area (Å²) in [5, 5.41) is 36.2. The molecule has 0 aromatic rings. The fraction of sp³-hybridized carbons (Fsp3) is 0.250. The van der Waals surface area contributed by atoms with Gasteiger partial charge in [0.2, 0.25) is 11.2 Å². The van der Waals surface area contributed by atoms with Crippen molar-refractivity contribution >= 4 is 11.9 Å². The van der Waals surface area contributed by atoms with Crippen LogP contribution in [0.3, 0.4) is 0 Å². The molecule has 0 bridgehead atoms. The fourth-order valence-corrected chi connectivity index (χ4v) is 1.11. The van der Waals surface area contributed by atoms with Crippen molar-refractivity contribution in [1.29, 1.82) is 0 Å². The van der Waals surface area contributed by atoms with Crippen LogP contribution in [0.2, 0.25) is 0 Å². The number of carboxylic acids is 2. The van der Waals surface area contributed by atoms with Crippen molar-refractivity contribution in [2.24, 2.45) is 0 Å². The van der Waals surface area contributed by atoms with Gasteiger partial charge in [-0.2, -0.15) is 0 Å². The van der Waals surface area contributed by atoms with Gasteiger partial charge >= 0.3 is 11.9 Å². The third-order valence-corrected chi connectivity index (χ3v) is 2.02. The van der Waals surface area contributed by atoms with Crippen LogP contribution in [0.1, 0.15) is 0 Å². The van der Waals surface area contributed by atoms with Gasteiger partial charge in [-0.3, -0.25) is 0 Å². The molecule has 1 aliphatic rings. The Morgan fingerprint density at radius 2 is 1.14 bits per heavy atom. The van der Waals surface area contributed by atoms with E-state index in [0.717, 1.165) is 12.2 Å². The average molecular weight is 200 g/mol. The SMILES string of the molecule is O=C(O)C1(O)C=CC=CC1(O)C(=O)O. The van der Waals surface area contributed by atoms with Crippen molar-refractivity contribution < 1.29 is 30.0 Å². The first-order chi connectivity index (χ1) is 6.34. The maximum absolute atomic E-state index is 10.6. The number of hydrogen-bond acceptors (Lipinski definition) is 4. The monoisotopic (exact) mass is 200 g/mol. The van der Waals surface area contributed by atoms with Gasteiger partial charge in [0.1, 0.15) is 0 Å². The lowest BCUT2D eigenvalue weighted by Gasteiger charge is -2.33. The molecule has 0 aliphatic heterocycles. The Balaban J connectivity index is 3.30. The Labute approximate surface area is 78.4 Å². The topological polar surface area (TPSA) is 115 Å². The van der Waals surface area contributed by atoms with Crippen LogP contribution in [0, 0.1) is 0 Å². The lowest BCUT2D eigenvalue weighted by atomic mass is 9.79. The van der Waals surface area contributed by atoms with Crippen LogP contribution in [0.4, 0.5) is 0 Å². The number of aliphatic hydroxyl groups is 2. The smallest absolute Gasteiger partial charge is 0.343 e. The van der Waals surface area contributed by atoms with E-state index in [1.54, 1.807) is 0 Å². The first kappa shape index (κ1) is 10.4. The predicted octanol–water partition coefficient (Wildman–Crippen LogP) is -1.26. The van der Waals surface area contributed by atoms with Gasteiger partial charge in [0.25, 0.3) is 0 Å². The second-order valence-corrected chi connectivity index (χ2v) is 2.86. The zero-order valence-corrected chi connectivity index (χ0v) is 6.91. The van der Waals surface area contributed by atoms with E-state index in [9.17, 15) is 19.8 Å². The number of hydrogen-bond donors (Lipinski definition) is 4. The fourth-order valence-electron chi connectivity index (χ4n) is 1.11. The van der Waals surface area contributed by atoms with E-state index in [4.69, 9.17) is 10.2 Å². The molecule has 0 spiro atoms. The summed E-state index contributed by atoms with van der Waals surface area (Å²) < 4.78 is 0. The molecule has 2 atom stereocenters. The summed E-state index contributed by atoms with van der Waals surface area (Å²) in [5.74, 6) is -3.66. The van der Waals surface area contributed by atoms with E-state index in [1.807, 2.05) is 0 Å². The molecule has 0 amide bonds. The molecular formula is C8H8O6. The molecule has 1 aliphatic carbocycles. The third kappa shape index (κ3) is 1.12. The number of carboxylic acid groups (broad SMARTS) is 2. The molecule has 0 aromatic carbocycles. The summed E-state index contributed by atoms with van der Waals surface area (Å²) in [5.41, 5.74) is -5.68. The quantitative estimate of drug-likeness (QED) is 0.442. The highest BCUT2D eigenvalue weighted by Crippen LogP contribution is 2.29. The van der Waals surface area contributed by atoms with Gasteiger partial charge in [-0.05, 0) is 12.2 Å². The highest BCUT2D eigenvalue weighted by molar-refractivity contribution is 5.94. The van der Waals surface area contributed by atoms with Gasteiger partial charge in [0.15, 0.2) is 0 Å². The van der Waals surface area contributed by atoms with E-state index >= 15 is 0 Å². The summed E-state index contributed by atoms with van der Waals surface area (Å²) in [7, 11) is 0. The number of carbonyl (C=O) groups is 2. The normalized spacial score (nSPS) is 35.6. The van der Waals surface area contributed by atoms with Crippen LogP contribution >= 0.6 is 0 Å². The number of aliphatic carboxylic acids is 2. The lowest BCUT2D eigenvalue weighted by molar-refractivity contribution is -0.188. The van der Waals surface area contributed by atoms with E-state index in [1.165, 1.54) is 0 Å². The highest BCUT2D eigenvalue weighted by Gasteiger charge is 2.58. The molecule has 0 heterocycles. The molecule has 14 heavy (non-hydrogen) atoms. The highest BCUT2D eigenvalue weighted by atomic mass is 16.5. The molecule has 0 saturated carbocycles. The van der Waals surface area contributed by atoms with E-state index < -0.39 is 23.1 Å². The third-order valence-electron chi connectivity index (χ3n) is 2.02. The predicted molar refractivity (Wildman–Crippen MR) is 43.5 cm³/mol. The van der Waals surface area contributed by atoms with E-state index in [0.29, 0.717) is 12.2 Å². The van der Waals surface area contributed by atoms with Gasteiger partial charge in [-0.15, -0.1) is 0 Å². The van der Waals surface area contributed by atoms with E-state index in [2.05, 4.69) is 0 Å². The molecule has 6 nitrogen and oxygen atoms in total. The second kappa shape index (κ2) is 2.93. The maximum atomic E-state index is 10.6. The Morgan fingerprint density at radius 3 is 1.36 bits per heavy atom. The average Bonchev–Trinajstić information content (AvgIpc) is 2.09. The van der Waals surface area contributed by atoms with Crippen LogP contribution in [0.25, 0.3) is 0 Å². The van der Waals surface area contributed by atoms with Crippen LogP contribution < -0.4 is 0 Å². The number of allylic oxidation sites excluding steroid dienone is 2. The molecule has 0 saturated heterocycles. The summed E-state index contributed by atoms with van der Waals surface area (Å²) in [6, 6.07) is 0. The van der Waals surface area contributed by atoms with Gasteiger partial charge in [0, 0.05) is 0 Å². The summed E-state index contributed by atoms with van der Waals surface area (Å²) in [4.78, 5) is 21.3. The largest absolute Gasteiger partial charge is 0.479 e. The maximum Gasteiger partial charge on any atom is 0.343 e. The van der Waals surface area contributed by atoms with E-state index in [-0.39, 0.29) is 0 Å². The molecule has 4 N–H and O–H groups in total. The van der Waals surface area contributed by atoms with Crippen LogP contribution in [-0.4, -0.2) is 43.6 Å². The molecule has 2 unspecified atom stereocenters. The Kier molecular flexibility index (Phi) is 2.18. The standard InChI is InChI=1S/C8H8O6/c9-5(10)7(13)3-1-2-4-8(7,14)6(11)12/h1-4,13-14H,(H,9,10)(H,11,12). The molecule has 0 radical (unpaired) electrons. The minimum atomic E-state index is -2.84. The lowest BCUT2D eigenvalue weighted by Crippen LogP contribution is -2.62. The Bertz CT molecular complexity index is 310. The minimum Gasteiger partial charge on any atom is -0.479 e. The summed E-state index contributed by atoms with van der Waals surface area (Å²) in [6.45, 7) is 0. The molecule has 6 heteroatoms. The number of rotatable bonds is 2. The zero-order valence-electron chi connectivity index (χ0n) is 6.91. The van der Waals surface area contributed by atoms with Gasteiger partial charge in [-0.1, -0.05) is 12.2 Å². The van der Waals surface area contributed by atoms with Crippen LogP contribution in [0.5, 0.6) is 0 Å². The first-order valence-electron chi connectivity index (χ1n) is 3.63. The Morgan fingerprint density at radius 1 is 0.857 bits per heavy atom. The van der Waals surface area contributed by atoms with Crippen molar-refractivity contribution in [2.45, 2.75) is 11.2 Å². The molecule has 76 valence electrons.